The summed E-state index contributed by atoms with van der Waals surface area (Å²) in [6, 6.07) is 4.03. The van der Waals surface area contributed by atoms with Crippen molar-refractivity contribution in [1.29, 1.82) is 0 Å². The minimum absolute atomic E-state index is 0.107. The highest BCUT2D eigenvalue weighted by molar-refractivity contribution is 6.31. The quantitative estimate of drug-likeness (QED) is 0.456. The first kappa shape index (κ1) is 18.3. The molecule has 7 nitrogen and oxygen atoms in total. The highest BCUT2D eigenvalue weighted by Crippen LogP contribution is 2.46. The summed E-state index contributed by atoms with van der Waals surface area (Å²) in [5.41, 5.74) is 1.77. The smallest absolute Gasteiger partial charge is 0.315 e. The number of nitro benzene ring substituents is 1. The predicted octanol–water partition coefficient (Wildman–Crippen LogP) is 3.60. The second kappa shape index (κ2) is 6.99. The lowest BCUT2D eigenvalue weighted by Crippen LogP contribution is -2.37. The van der Waals surface area contributed by atoms with E-state index < -0.39 is 22.7 Å². The normalized spacial score (nSPS) is 22.6. The molecule has 0 saturated carbocycles. The highest BCUT2D eigenvalue weighted by atomic mass is 35.5. The van der Waals surface area contributed by atoms with Gasteiger partial charge in [0.15, 0.2) is 5.78 Å². The third-order valence-corrected chi connectivity index (χ3v) is 5.16. The van der Waals surface area contributed by atoms with Crippen molar-refractivity contribution in [3.63, 3.8) is 0 Å². The van der Waals surface area contributed by atoms with Gasteiger partial charge in [0.2, 0.25) is 0 Å². The maximum Gasteiger partial charge on any atom is 0.315 e. The summed E-state index contributed by atoms with van der Waals surface area (Å²) in [5.74, 6) is -2.25. The van der Waals surface area contributed by atoms with Crippen molar-refractivity contribution in [3.8, 4) is 0 Å². The van der Waals surface area contributed by atoms with Crippen LogP contribution in [0.15, 0.2) is 34.5 Å². The van der Waals surface area contributed by atoms with Gasteiger partial charge in [-0.2, -0.15) is 0 Å². The largest absolute Gasteiger partial charge is 0.468 e. The Bertz CT molecular complexity index is 874. The molecule has 0 saturated heterocycles. The van der Waals surface area contributed by atoms with Crippen LogP contribution < -0.4 is 0 Å². The number of carbonyl (C=O) groups excluding carboxylic acids is 2. The molecule has 0 bridgehead atoms. The number of hydrogen-bond donors (Lipinski definition) is 0. The van der Waals surface area contributed by atoms with E-state index in [9.17, 15) is 19.7 Å². The summed E-state index contributed by atoms with van der Waals surface area (Å²) in [6.07, 6.45) is 1.66. The number of ether oxygens (including phenoxy) is 1. The average Bonchev–Trinajstić information content (AvgIpc) is 2.60. The molecule has 1 aromatic carbocycles. The molecular weight excluding hydrogens is 360 g/mol. The van der Waals surface area contributed by atoms with E-state index in [0.29, 0.717) is 41.8 Å². The van der Waals surface area contributed by atoms with Crippen LogP contribution in [0, 0.1) is 16.0 Å². The van der Waals surface area contributed by atoms with Gasteiger partial charge in [0.25, 0.3) is 5.69 Å². The van der Waals surface area contributed by atoms with Crippen LogP contribution in [0.5, 0.6) is 0 Å². The number of methoxy groups -OCH3 is 1. The van der Waals surface area contributed by atoms with Crippen molar-refractivity contribution >= 4 is 34.8 Å². The Labute approximate surface area is 154 Å². The lowest BCUT2D eigenvalue weighted by molar-refractivity contribution is -0.384. The van der Waals surface area contributed by atoms with Crippen molar-refractivity contribution in [3.05, 3.63) is 50.2 Å². The fourth-order valence-electron chi connectivity index (χ4n) is 3.66. The molecule has 0 radical (unpaired) electrons. The molecule has 1 aliphatic heterocycles. The number of nitrogens with zero attached hydrogens (tertiary/aromatic N) is 2. The van der Waals surface area contributed by atoms with Crippen LogP contribution in [0.2, 0.25) is 5.02 Å². The Morgan fingerprint density at radius 1 is 1.38 bits per heavy atom. The molecule has 1 unspecified atom stereocenters. The molecule has 0 aromatic heterocycles. The maximum atomic E-state index is 12.6. The molecule has 0 amide bonds. The van der Waals surface area contributed by atoms with Gasteiger partial charge in [0.1, 0.15) is 5.92 Å². The lowest BCUT2D eigenvalue weighted by atomic mass is 9.71. The Kier molecular flexibility index (Phi) is 4.91. The second-order valence-corrected chi connectivity index (χ2v) is 6.74. The zero-order valence-electron chi connectivity index (χ0n) is 14.3. The van der Waals surface area contributed by atoms with Crippen molar-refractivity contribution in [2.24, 2.45) is 10.9 Å². The second-order valence-electron chi connectivity index (χ2n) is 6.33. The molecule has 3 rings (SSSR count). The lowest BCUT2D eigenvalue weighted by Gasteiger charge is -2.34. The fraction of sp³-hybridized carbons (Fsp3) is 0.389. The van der Waals surface area contributed by atoms with Crippen molar-refractivity contribution in [2.45, 2.75) is 32.1 Å². The van der Waals surface area contributed by atoms with E-state index in [-0.39, 0.29) is 16.5 Å². The first-order chi connectivity index (χ1) is 12.3. The molecule has 0 spiro atoms. The van der Waals surface area contributed by atoms with Crippen molar-refractivity contribution < 1.29 is 19.2 Å². The van der Waals surface area contributed by atoms with Crippen LogP contribution in [0.25, 0.3) is 0 Å². The predicted molar refractivity (Wildman–Crippen MR) is 95.3 cm³/mol. The number of hydrogen-bond acceptors (Lipinski definition) is 6. The van der Waals surface area contributed by atoms with E-state index in [1.165, 1.54) is 25.3 Å². The Balaban J connectivity index is 2.25. The van der Waals surface area contributed by atoms with Crippen LogP contribution in [0.1, 0.15) is 37.7 Å². The maximum absolute atomic E-state index is 12.6. The van der Waals surface area contributed by atoms with E-state index in [1.54, 1.807) is 6.92 Å². The number of Topliss-reactive ketones (excluding diaryl/α,β-unsaturated/α-hetero) is 1. The van der Waals surface area contributed by atoms with Crippen LogP contribution in [0.4, 0.5) is 5.69 Å². The summed E-state index contributed by atoms with van der Waals surface area (Å²) in [7, 11) is 1.26. The summed E-state index contributed by atoms with van der Waals surface area (Å²) >= 11 is 6.33. The summed E-state index contributed by atoms with van der Waals surface area (Å²) < 4.78 is 4.91. The topological polar surface area (TPSA) is 98.9 Å². The Hall–Kier alpha value is -2.54. The third kappa shape index (κ3) is 3.03. The van der Waals surface area contributed by atoms with E-state index in [4.69, 9.17) is 16.3 Å². The number of non-ortho nitro benzene ring substituents is 1. The zero-order chi connectivity index (χ0) is 19.0. The molecule has 0 fully saturated rings. The van der Waals surface area contributed by atoms with E-state index in [1.807, 2.05) is 0 Å². The number of halogens is 1. The summed E-state index contributed by atoms with van der Waals surface area (Å²) in [5, 5.41) is 11.5. The minimum Gasteiger partial charge on any atom is -0.468 e. The SMILES string of the molecule is COC(=O)C1C(C)=NC2=C(C(=O)CCC2)[C@H]1c1cc([N+](=O)[O-])ccc1Cl. The zero-order valence-corrected chi connectivity index (χ0v) is 15.1. The van der Waals surface area contributed by atoms with Gasteiger partial charge in [0.05, 0.1) is 12.0 Å². The molecule has 1 aliphatic carbocycles. The highest BCUT2D eigenvalue weighted by Gasteiger charge is 2.44. The van der Waals surface area contributed by atoms with Gasteiger partial charge in [-0.3, -0.25) is 24.7 Å². The summed E-state index contributed by atoms with van der Waals surface area (Å²) in [4.78, 5) is 40.2. The number of carbonyl (C=O) groups is 2. The van der Waals surface area contributed by atoms with Crippen LogP contribution in [0.3, 0.4) is 0 Å². The van der Waals surface area contributed by atoms with Gasteiger partial charge in [-0.1, -0.05) is 11.6 Å². The van der Waals surface area contributed by atoms with E-state index in [0.717, 1.165) is 0 Å². The van der Waals surface area contributed by atoms with Gasteiger partial charge < -0.3 is 4.74 Å². The monoisotopic (exact) mass is 376 g/mol. The van der Waals surface area contributed by atoms with Gasteiger partial charge in [-0.15, -0.1) is 0 Å². The first-order valence-electron chi connectivity index (χ1n) is 8.18. The van der Waals surface area contributed by atoms with Crippen LogP contribution >= 0.6 is 11.6 Å². The number of allylic oxidation sites excluding steroid dienone is 2. The van der Waals surface area contributed by atoms with Crippen LogP contribution in [-0.2, 0) is 14.3 Å². The number of rotatable bonds is 3. The third-order valence-electron chi connectivity index (χ3n) is 4.82. The van der Waals surface area contributed by atoms with Crippen molar-refractivity contribution in [2.75, 3.05) is 7.11 Å². The molecule has 2 aliphatic rings. The van der Waals surface area contributed by atoms with Crippen LogP contribution in [-0.4, -0.2) is 29.5 Å². The number of nitro groups is 1. The molecule has 136 valence electrons. The first-order valence-corrected chi connectivity index (χ1v) is 8.56. The fourth-order valence-corrected chi connectivity index (χ4v) is 3.89. The van der Waals surface area contributed by atoms with E-state index in [2.05, 4.69) is 4.99 Å². The van der Waals surface area contributed by atoms with Gasteiger partial charge >= 0.3 is 5.97 Å². The number of ketones is 1. The minimum atomic E-state index is -0.847. The van der Waals surface area contributed by atoms with Crippen molar-refractivity contribution in [1.82, 2.24) is 0 Å². The molecule has 8 heteroatoms. The standard InChI is InChI=1S/C18H17ClN2O5/c1-9-15(18(23)26-2)16(17-13(20-9)4-3-5-14(17)22)11-8-10(21(24)25)6-7-12(11)19/h6-8,15-16H,3-5H2,1-2H3/t15?,16-/m0/s1. The molecule has 2 atom stereocenters. The van der Waals surface area contributed by atoms with Gasteiger partial charge in [-0.05, 0) is 31.4 Å². The number of benzene rings is 1. The molecular formula is C18H17ClN2O5. The van der Waals surface area contributed by atoms with E-state index >= 15 is 0 Å². The average molecular weight is 377 g/mol. The Morgan fingerprint density at radius 2 is 2.12 bits per heavy atom. The molecule has 1 heterocycles. The number of esters is 1. The number of aliphatic imine (C=N–C) groups is 1. The molecule has 1 aromatic rings. The molecule has 0 N–H and O–H groups in total. The Morgan fingerprint density at radius 3 is 2.77 bits per heavy atom. The molecule has 26 heavy (non-hydrogen) atoms. The summed E-state index contributed by atoms with van der Waals surface area (Å²) in [6.45, 7) is 1.70. The van der Waals surface area contributed by atoms with Gasteiger partial charge in [0, 0.05) is 46.5 Å². The van der Waals surface area contributed by atoms with Gasteiger partial charge in [-0.25, -0.2) is 0 Å².